The molecule has 2 fully saturated rings. The molecule has 8 nitrogen and oxygen atoms in total. The first-order valence-electron chi connectivity index (χ1n) is 15.0. The molecular formula is C35H38N6O2. The van der Waals surface area contributed by atoms with Crippen LogP contribution in [-0.2, 0) is 6.42 Å². The Morgan fingerprint density at radius 2 is 1.56 bits per heavy atom. The van der Waals surface area contributed by atoms with E-state index in [0.29, 0.717) is 23.5 Å². The van der Waals surface area contributed by atoms with Gasteiger partial charge in [0.25, 0.3) is 5.91 Å². The third kappa shape index (κ3) is 6.64. The lowest BCUT2D eigenvalue weighted by atomic mass is 9.78. The van der Waals surface area contributed by atoms with Crippen molar-refractivity contribution >= 4 is 29.1 Å². The second-order valence-electron chi connectivity index (χ2n) is 11.7. The smallest absolute Gasteiger partial charge is 0.317 e. The summed E-state index contributed by atoms with van der Waals surface area (Å²) in [5.74, 6) is 0.618. The zero-order valence-electron chi connectivity index (χ0n) is 24.3. The molecule has 2 saturated heterocycles. The minimum absolute atomic E-state index is 0.0410. The SMILES string of the molecule is Nc1ccc(-c2ccccc2)cc1NC(=O)c1ccc(N2CCC3(CCN(C(=O)NCCc4ccccc4)C3)CC2)nc1. The van der Waals surface area contributed by atoms with Crippen LogP contribution in [0, 0.1) is 5.41 Å². The summed E-state index contributed by atoms with van der Waals surface area (Å²) in [6, 6.07) is 29.6. The highest BCUT2D eigenvalue weighted by Gasteiger charge is 2.42. The molecule has 0 atom stereocenters. The predicted octanol–water partition coefficient (Wildman–Crippen LogP) is 5.83. The van der Waals surface area contributed by atoms with E-state index in [-0.39, 0.29) is 17.4 Å². The number of amides is 3. The van der Waals surface area contributed by atoms with E-state index in [4.69, 9.17) is 5.73 Å². The van der Waals surface area contributed by atoms with Gasteiger partial charge in [0, 0.05) is 38.9 Å². The fourth-order valence-corrected chi connectivity index (χ4v) is 6.17. The van der Waals surface area contributed by atoms with Crippen LogP contribution in [0.2, 0.25) is 0 Å². The van der Waals surface area contributed by atoms with Gasteiger partial charge in [-0.25, -0.2) is 9.78 Å². The van der Waals surface area contributed by atoms with Gasteiger partial charge in [0.05, 0.1) is 16.9 Å². The quantitative estimate of drug-likeness (QED) is 0.241. The normalized spacial score (nSPS) is 15.8. The van der Waals surface area contributed by atoms with Crippen LogP contribution < -0.4 is 21.3 Å². The first-order chi connectivity index (χ1) is 21.0. The first-order valence-corrected chi connectivity index (χ1v) is 15.0. The molecule has 8 heteroatoms. The van der Waals surface area contributed by atoms with E-state index in [1.54, 1.807) is 6.20 Å². The zero-order chi connectivity index (χ0) is 29.6. The molecule has 3 heterocycles. The molecule has 1 spiro atoms. The van der Waals surface area contributed by atoms with Crippen LogP contribution in [0.5, 0.6) is 0 Å². The van der Waals surface area contributed by atoms with E-state index >= 15 is 0 Å². The Balaban J connectivity index is 0.997. The summed E-state index contributed by atoms with van der Waals surface area (Å²) in [6.07, 6.45) is 5.53. The highest BCUT2D eigenvalue weighted by atomic mass is 16.2. The molecule has 3 amide bonds. The molecule has 6 rings (SSSR count). The monoisotopic (exact) mass is 574 g/mol. The van der Waals surface area contributed by atoms with Gasteiger partial charge in [0.2, 0.25) is 0 Å². The molecule has 0 aliphatic carbocycles. The van der Waals surface area contributed by atoms with Crippen LogP contribution in [0.15, 0.2) is 97.2 Å². The minimum Gasteiger partial charge on any atom is -0.397 e. The van der Waals surface area contributed by atoms with Gasteiger partial charge in [-0.1, -0.05) is 66.7 Å². The maximum absolute atomic E-state index is 13.0. The van der Waals surface area contributed by atoms with Crippen LogP contribution in [-0.4, -0.2) is 54.5 Å². The van der Waals surface area contributed by atoms with E-state index < -0.39 is 0 Å². The summed E-state index contributed by atoms with van der Waals surface area (Å²) in [5.41, 5.74) is 11.2. The lowest BCUT2D eigenvalue weighted by molar-refractivity contribution is 0.102. The summed E-state index contributed by atoms with van der Waals surface area (Å²) in [5, 5.41) is 6.05. The van der Waals surface area contributed by atoms with Gasteiger partial charge in [0.1, 0.15) is 5.82 Å². The van der Waals surface area contributed by atoms with Gasteiger partial charge in [-0.2, -0.15) is 0 Å². The maximum atomic E-state index is 13.0. The van der Waals surface area contributed by atoms with Gasteiger partial charge < -0.3 is 26.2 Å². The van der Waals surface area contributed by atoms with Crippen molar-refractivity contribution in [3.05, 3.63) is 108 Å². The van der Waals surface area contributed by atoms with E-state index in [1.807, 2.05) is 83.8 Å². The van der Waals surface area contributed by atoms with Crippen molar-refractivity contribution in [3.63, 3.8) is 0 Å². The molecule has 0 bridgehead atoms. The molecular weight excluding hydrogens is 536 g/mol. The van der Waals surface area contributed by atoms with Gasteiger partial charge in [-0.3, -0.25) is 4.79 Å². The molecule has 0 saturated carbocycles. The number of pyridine rings is 1. The second kappa shape index (κ2) is 12.6. The van der Waals surface area contributed by atoms with Crippen molar-refractivity contribution in [2.45, 2.75) is 25.7 Å². The van der Waals surface area contributed by atoms with E-state index in [9.17, 15) is 9.59 Å². The number of anilines is 3. The number of hydrogen-bond donors (Lipinski definition) is 3. The number of nitrogen functional groups attached to an aromatic ring is 1. The Kier molecular flexibility index (Phi) is 8.27. The summed E-state index contributed by atoms with van der Waals surface area (Å²) < 4.78 is 0. The van der Waals surface area contributed by atoms with Crippen LogP contribution in [0.1, 0.15) is 35.2 Å². The van der Waals surface area contributed by atoms with E-state index in [1.165, 1.54) is 5.56 Å². The Labute approximate surface area is 252 Å². The Morgan fingerprint density at radius 1 is 0.837 bits per heavy atom. The highest BCUT2D eigenvalue weighted by molar-refractivity contribution is 6.06. The number of aromatic nitrogens is 1. The van der Waals surface area contributed by atoms with Crippen LogP contribution >= 0.6 is 0 Å². The molecule has 3 aromatic carbocycles. The molecule has 2 aliphatic heterocycles. The lowest BCUT2D eigenvalue weighted by Gasteiger charge is -2.39. The third-order valence-corrected chi connectivity index (χ3v) is 8.83. The molecule has 1 aromatic heterocycles. The second-order valence-corrected chi connectivity index (χ2v) is 11.7. The largest absolute Gasteiger partial charge is 0.397 e. The van der Waals surface area contributed by atoms with Crippen molar-refractivity contribution in [1.29, 1.82) is 0 Å². The Bertz CT molecular complexity index is 1550. The van der Waals surface area contributed by atoms with E-state index in [0.717, 1.165) is 68.8 Å². The minimum atomic E-state index is -0.248. The van der Waals surface area contributed by atoms with Crippen LogP contribution in [0.4, 0.5) is 22.0 Å². The van der Waals surface area contributed by atoms with Gasteiger partial charge in [0.15, 0.2) is 0 Å². The zero-order valence-corrected chi connectivity index (χ0v) is 24.3. The van der Waals surface area contributed by atoms with Crippen molar-refractivity contribution in [1.82, 2.24) is 15.2 Å². The Morgan fingerprint density at radius 3 is 2.28 bits per heavy atom. The van der Waals surface area contributed by atoms with Gasteiger partial charge in [-0.05, 0) is 72.1 Å². The van der Waals surface area contributed by atoms with Crippen molar-refractivity contribution < 1.29 is 9.59 Å². The topological polar surface area (TPSA) is 104 Å². The van der Waals surface area contributed by atoms with Gasteiger partial charge in [-0.15, -0.1) is 0 Å². The van der Waals surface area contributed by atoms with Crippen molar-refractivity contribution in [2.24, 2.45) is 5.41 Å². The number of carbonyl (C=O) groups is 2. The molecule has 220 valence electrons. The number of nitrogens with two attached hydrogens (primary N) is 1. The van der Waals surface area contributed by atoms with Crippen LogP contribution in [0.25, 0.3) is 11.1 Å². The third-order valence-electron chi connectivity index (χ3n) is 8.83. The number of carbonyl (C=O) groups excluding carboxylic acids is 2. The lowest BCUT2D eigenvalue weighted by Crippen LogP contribution is -2.44. The number of nitrogens with one attached hydrogen (secondary N) is 2. The number of hydrogen-bond acceptors (Lipinski definition) is 5. The number of piperidine rings is 1. The number of likely N-dealkylation sites (tertiary alicyclic amines) is 1. The maximum Gasteiger partial charge on any atom is 0.317 e. The molecule has 2 aliphatic rings. The summed E-state index contributed by atoms with van der Waals surface area (Å²) in [7, 11) is 0. The summed E-state index contributed by atoms with van der Waals surface area (Å²) in [4.78, 5) is 34.7. The predicted molar refractivity (Wildman–Crippen MR) is 172 cm³/mol. The Hall–Kier alpha value is -4.85. The molecule has 0 unspecified atom stereocenters. The average molecular weight is 575 g/mol. The van der Waals surface area contributed by atoms with Crippen molar-refractivity contribution in [3.8, 4) is 11.1 Å². The first kappa shape index (κ1) is 28.3. The molecule has 43 heavy (non-hydrogen) atoms. The molecule has 4 aromatic rings. The fourth-order valence-electron chi connectivity index (χ4n) is 6.17. The average Bonchev–Trinajstić information content (AvgIpc) is 3.47. The fraction of sp³-hybridized carbons (Fsp3) is 0.286. The molecule has 4 N–H and O–H groups in total. The number of benzene rings is 3. The number of urea groups is 1. The van der Waals surface area contributed by atoms with E-state index in [2.05, 4.69) is 32.7 Å². The number of rotatable bonds is 7. The van der Waals surface area contributed by atoms with Gasteiger partial charge >= 0.3 is 6.03 Å². The van der Waals surface area contributed by atoms with Crippen molar-refractivity contribution in [2.75, 3.05) is 48.7 Å². The summed E-state index contributed by atoms with van der Waals surface area (Å²) in [6.45, 7) is 4.01. The standard InChI is InChI=1S/C35H38N6O2/c36-30-13-11-28(27-9-5-2-6-10-27)23-31(30)39-33(42)29-12-14-32(38-24-29)40-20-16-35(17-21-40)18-22-41(25-35)34(43)37-19-15-26-7-3-1-4-8-26/h1-14,23-24H,15-22,25,36H2,(H,37,43)(H,39,42). The number of nitrogens with zero attached hydrogens (tertiary/aromatic N) is 3. The molecule has 0 radical (unpaired) electrons. The van der Waals surface area contributed by atoms with Crippen LogP contribution in [0.3, 0.4) is 0 Å². The summed E-state index contributed by atoms with van der Waals surface area (Å²) >= 11 is 0. The highest BCUT2D eigenvalue weighted by Crippen LogP contribution is 2.41.